The van der Waals surface area contributed by atoms with Crippen LogP contribution in [0.4, 0.5) is 14.9 Å². The number of amides is 2. The number of nitrogens with zero attached hydrogens (tertiary/aromatic N) is 3. The van der Waals surface area contributed by atoms with Crippen LogP contribution in [0.1, 0.15) is 30.1 Å². The lowest BCUT2D eigenvalue weighted by Gasteiger charge is -2.34. The van der Waals surface area contributed by atoms with Gasteiger partial charge in [-0.1, -0.05) is 11.6 Å². The van der Waals surface area contributed by atoms with Gasteiger partial charge in [0.2, 0.25) is 0 Å². The molecule has 2 N–H and O–H groups in total. The Hall–Kier alpha value is -2.45. The number of aromatic amines is 1. The fourth-order valence-electron chi connectivity index (χ4n) is 4.10. The van der Waals surface area contributed by atoms with Crippen LogP contribution in [0.25, 0.3) is 11.4 Å². The number of anilines is 1. The van der Waals surface area contributed by atoms with Crippen molar-refractivity contribution in [3.63, 3.8) is 0 Å². The third-order valence-electron chi connectivity index (χ3n) is 5.24. The van der Waals surface area contributed by atoms with E-state index in [4.69, 9.17) is 11.6 Å². The standard InChI is InChI=1S/C18H15ClFN5OS/c19-11-5-9(1-3-12(11)20)22-18(26)25-10-2-4-15(25)16-13(6-10)23-24-17(16)14-7-27-8-21-14/h1,3,5,7-8,10,15H,2,4,6H2,(H,22,26)(H,23,24)/t10-,15+/m1/s1. The van der Waals surface area contributed by atoms with Gasteiger partial charge in [0.15, 0.2) is 0 Å². The number of hydrogen-bond acceptors (Lipinski definition) is 4. The maximum atomic E-state index is 13.4. The number of halogens is 2. The van der Waals surface area contributed by atoms with E-state index < -0.39 is 5.82 Å². The molecule has 5 rings (SSSR count). The Morgan fingerprint density at radius 3 is 3.07 bits per heavy atom. The number of H-pyrrole nitrogens is 1. The third-order valence-corrected chi connectivity index (χ3v) is 6.11. The summed E-state index contributed by atoms with van der Waals surface area (Å²) in [6.07, 6.45) is 2.55. The second kappa shape index (κ2) is 6.31. The van der Waals surface area contributed by atoms with Gasteiger partial charge in [-0.3, -0.25) is 5.10 Å². The molecule has 2 aliphatic rings. The Bertz CT molecular complexity index is 1020. The molecule has 1 fully saturated rings. The predicted molar refractivity (Wildman–Crippen MR) is 101 cm³/mol. The molecule has 1 aromatic carbocycles. The lowest BCUT2D eigenvalue weighted by molar-refractivity contribution is 0.179. The van der Waals surface area contributed by atoms with Crippen LogP contribution in [-0.2, 0) is 6.42 Å². The highest BCUT2D eigenvalue weighted by molar-refractivity contribution is 7.07. The van der Waals surface area contributed by atoms with Gasteiger partial charge in [-0.2, -0.15) is 5.10 Å². The van der Waals surface area contributed by atoms with E-state index in [1.54, 1.807) is 5.51 Å². The van der Waals surface area contributed by atoms with Gasteiger partial charge in [-0.25, -0.2) is 14.2 Å². The van der Waals surface area contributed by atoms with Gasteiger partial charge in [0.05, 0.1) is 16.6 Å². The van der Waals surface area contributed by atoms with Crippen molar-refractivity contribution >= 4 is 34.7 Å². The van der Waals surface area contributed by atoms with E-state index in [9.17, 15) is 9.18 Å². The normalized spacial score (nSPS) is 20.6. The number of benzene rings is 1. The molecule has 0 radical (unpaired) electrons. The van der Waals surface area contributed by atoms with Crippen molar-refractivity contribution in [3.05, 3.63) is 51.2 Å². The molecule has 0 aliphatic carbocycles. The fourth-order valence-corrected chi connectivity index (χ4v) is 4.81. The number of nitrogens with one attached hydrogen (secondary N) is 2. The van der Waals surface area contributed by atoms with Crippen LogP contribution in [0, 0.1) is 5.82 Å². The van der Waals surface area contributed by atoms with Gasteiger partial charge in [0.1, 0.15) is 17.2 Å². The first-order chi connectivity index (χ1) is 13.1. The molecule has 2 amide bonds. The van der Waals surface area contributed by atoms with E-state index in [0.717, 1.165) is 41.9 Å². The minimum atomic E-state index is -0.511. The molecule has 6 nitrogen and oxygen atoms in total. The van der Waals surface area contributed by atoms with Crippen LogP contribution >= 0.6 is 22.9 Å². The summed E-state index contributed by atoms with van der Waals surface area (Å²) in [4.78, 5) is 19.2. The lowest BCUT2D eigenvalue weighted by atomic mass is 9.97. The van der Waals surface area contributed by atoms with E-state index >= 15 is 0 Å². The average molecular weight is 404 g/mol. The Morgan fingerprint density at radius 1 is 1.41 bits per heavy atom. The minimum absolute atomic E-state index is 0.0163. The number of carbonyl (C=O) groups excluding carboxylic acids is 1. The SMILES string of the molecule is O=C(Nc1ccc(F)c(Cl)c1)N1[C@@H]2CC[C@H]1c1c(-c3cscn3)n[nH]c1C2. The molecule has 0 unspecified atom stereocenters. The first-order valence-corrected chi connectivity index (χ1v) is 9.94. The lowest BCUT2D eigenvalue weighted by Crippen LogP contribution is -2.44. The number of fused-ring (bicyclic) bond motifs is 4. The smallest absolute Gasteiger partial charge is 0.314 e. The van der Waals surface area contributed by atoms with Gasteiger partial charge in [0.25, 0.3) is 0 Å². The Kier molecular flexibility index (Phi) is 3.91. The highest BCUT2D eigenvalue weighted by Gasteiger charge is 2.45. The first kappa shape index (κ1) is 16.7. The number of hydrogen-bond donors (Lipinski definition) is 2. The molecule has 2 aliphatic heterocycles. The predicted octanol–water partition coefficient (Wildman–Crippen LogP) is 4.62. The van der Waals surface area contributed by atoms with Crippen molar-refractivity contribution in [3.8, 4) is 11.4 Å². The summed E-state index contributed by atoms with van der Waals surface area (Å²) < 4.78 is 13.4. The molecule has 2 aromatic heterocycles. The van der Waals surface area contributed by atoms with E-state index in [0.29, 0.717) is 5.69 Å². The van der Waals surface area contributed by atoms with E-state index in [1.807, 2.05) is 10.3 Å². The molecule has 1 saturated heterocycles. The van der Waals surface area contributed by atoms with E-state index in [1.165, 1.54) is 29.5 Å². The summed E-state index contributed by atoms with van der Waals surface area (Å²) >= 11 is 7.34. The van der Waals surface area contributed by atoms with Gasteiger partial charge in [-0.05, 0) is 31.0 Å². The van der Waals surface area contributed by atoms with Crippen LogP contribution in [0.15, 0.2) is 29.1 Å². The molecular formula is C18H15ClFN5OS. The molecule has 2 bridgehead atoms. The highest BCUT2D eigenvalue weighted by atomic mass is 35.5. The van der Waals surface area contributed by atoms with Crippen LogP contribution in [0.5, 0.6) is 0 Å². The van der Waals surface area contributed by atoms with Gasteiger partial charge in [0, 0.05) is 34.8 Å². The Balaban J connectivity index is 1.46. The van der Waals surface area contributed by atoms with Crippen LogP contribution in [-0.4, -0.2) is 32.2 Å². The van der Waals surface area contributed by atoms with Crippen molar-refractivity contribution in [2.24, 2.45) is 0 Å². The van der Waals surface area contributed by atoms with Crippen LogP contribution in [0.3, 0.4) is 0 Å². The Morgan fingerprint density at radius 2 is 2.30 bits per heavy atom. The maximum Gasteiger partial charge on any atom is 0.322 e. The summed E-state index contributed by atoms with van der Waals surface area (Å²) in [5, 5.41) is 12.4. The number of rotatable bonds is 2. The summed E-state index contributed by atoms with van der Waals surface area (Å²) in [5.41, 5.74) is 6.04. The first-order valence-electron chi connectivity index (χ1n) is 8.62. The monoisotopic (exact) mass is 403 g/mol. The van der Waals surface area contributed by atoms with Crippen molar-refractivity contribution in [1.29, 1.82) is 0 Å². The molecule has 138 valence electrons. The third kappa shape index (κ3) is 2.71. The number of aromatic nitrogens is 3. The number of urea groups is 1. The quantitative estimate of drug-likeness (QED) is 0.655. The topological polar surface area (TPSA) is 73.9 Å². The van der Waals surface area contributed by atoms with Crippen molar-refractivity contribution < 1.29 is 9.18 Å². The zero-order chi connectivity index (χ0) is 18.5. The van der Waals surface area contributed by atoms with Crippen LogP contribution < -0.4 is 5.32 Å². The van der Waals surface area contributed by atoms with Crippen molar-refractivity contribution in [2.45, 2.75) is 31.3 Å². The van der Waals surface area contributed by atoms with Crippen molar-refractivity contribution in [2.75, 3.05) is 5.32 Å². The molecule has 0 spiro atoms. The molecule has 3 aromatic rings. The largest absolute Gasteiger partial charge is 0.322 e. The van der Waals surface area contributed by atoms with Crippen LogP contribution in [0.2, 0.25) is 5.02 Å². The zero-order valence-electron chi connectivity index (χ0n) is 14.1. The second-order valence-corrected chi connectivity index (χ2v) is 7.88. The van der Waals surface area contributed by atoms with Crippen molar-refractivity contribution in [1.82, 2.24) is 20.1 Å². The van der Waals surface area contributed by atoms with E-state index in [-0.39, 0.29) is 23.1 Å². The summed E-state index contributed by atoms with van der Waals surface area (Å²) in [7, 11) is 0. The molecule has 27 heavy (non-hydrogen) atoms. The zero-order valence-corrected chi connectivity index (χ0v) is 15.6. The second-order valence-electron chi connectivity index (χ2n) is 6.76. The molecule has 9 heteroatoms. The number of thiazole rings is 1. The summed E-state index contributed by atoms with van der Waals surface area (Å²) in [6.45, 7) is 0. The van der Waals surface area contributed by atoms with Gasteiger partial charge >= 0.3 is 6.03 Å². The number of carbonyl (C=O) groups is 1. The molecule has 0 saturated carbocycles. The summed E-state index contributed by atoms with van der Waals surface area (Å²) in [5.74, 6) is -0.511. The average Bonchev–Trinajstić information content (AvgIpc) is 3.36. The van der Waals surface area contributed by atoms with Gasteiger partial charge in [-0.15, -0.1) is 11.3 Å². The highest BCUT2D eigenvalue weighted by Crippen LogP contribution is 2.46. The van der Waals surface area contributed by atoms with E-state index in [2.05, 4.69) is 20.5 Å². The maximum absolute atomic E-state index is 13.4. The minimum Gasteiger partial charge on any atom is -0.314 e. The summed E-state index contributed by atoms with van der Waals surface area (Å²) in [6, 6.07) is 4.03. The van der Waals surface area contributed by atoms with Gasteiger partial charge < -0.3 is 10.2 Å². The Labute approximate surface area is 163 Å². The fraction of sp³-hybridized carbons (Fsp3) is 0.278. The molecule has 4 heterocycles. The molecule has 2 atom stereocenters. The molecular weight excluding hydrogens is 389 g/mol.